The number of furan rings is 1. The summed E-state index contributed by atoms with van der Waals surface area (Å²) in [6, 6.07) is 2.56. The highest BCUT2D eigenvalue weighted by atomic mass is 32.2. The Morgan fingerprint density at radius 1 is 1.43 bits per heavy atom. The zero-order valence-corrected chi connectivity index (χ0v) is 13.0. The second kappa shape index (κ2) is 6.17. The summed E-state index contributed by atoms with van der Waals surface area (Å²) in [4.78, 5) is 13.0. The summed E-state index contributed by atoms with van der Waals surface area (Å²) in [7, 11) is -3.76. The fourth-order valence-electron chi connectivity index (χ4n) is 2.67. The Morgan fingerprint density at radius 3 is 2.62 bits per heavy atom. The topological polar surface area (TPSA) is 91.1 Å². The molecule has 118 valence electrons. The zero-order chi connectivity index (χ0) is 15.6. The normalized spacial score (nSPS) is 20.2. The van der Waals surface area contributed by atoms with Crippen LogP contribution in [-0.4, -0.2) is 60.9 Å². The van der Waals surface area contributed by atoms with E-state index in [1.807, 2.05) is 13.8 Å². The zero-order valence-electron chi connectivity index (χ0n) is 12.2. The van der Waals surface area contributed by atoms with E-state index in [-0.39, 0.29) is 16.9 Å². The fraction of sp³-hybridized carbons (Fsp3) is 0.615. The van der Waals surface area contributed by atoms with Gasteiger partial charge in [-0.15, -0.1) is 0 Å². The molecule has 1 fully saturated rings. The second-order valence-corrected chi connectivity index (χ2v) is 6.82. The van der Waals surface area contributed by atoms with E-state index in [1.165, 1.54) is 10.4 Å². The van der Waals surface area contributed by atoms with Crippen LogP contribution in [-0.2, 0) is 10.0 Å². The molecule has 0 bridgehead atoms. The average Bonchev–Trinajstić information content (AvgIpc) is 3.10. The molecule has 1 aliphatic heterocycles. The maximum absolute atomic E-state index is 12.4. The maximum Gasteiger partial charge on any atom is 0.371 e. The van der Waals surface area contributed by atoms with E-state index in [1.54, 1.807) is 0 Å². The summed E-state index contributed by atoms with van der Waals surface area (Å²) in [5.41, 5.74) is 0. The van der Waals surface area contributed by atoms with Crippen LogP contribution in [0.1, 0.15) is 30.8 Å². The predicted molar refractivity (Wildman–Crippen MR) is 75.8 cm³/mol. The first-order valence-corrected chi connectivity index (χ1v) is 8.41. The number of hydrogen-bond donors (Lipinski definition) is 1. The molecule has 1 aromatic heterocycles. The number of carboxylic acid groups (broad SMARTS) is 1. The molecule has 7 nitrogen and oxygen atoms in total. The molecule has 1 N–H and O–H groups in total. The van der Waals surface area contributed by atoms with Crippen molar-refractivity contribution >= 4 is 16.0 Å². The van der Waals surface area contributed by atoms with Crippen LogP contribution in [0.2, 0.25) is 0 Å². The van der Waals surface area contributed by atoms with E-state index in [0.717, 1.165) is 25.6 Å². The molecular formula is C13H20N2O5S. The van der Waals surface area contributed by atoms with Crippen LogP contribution in [0, 0.1) is 0 Å². The van der Waals surface area contributed by atoms with Crippen molar-refractivity contribution in [3.63, 3.8) is 0 Å². The molecule has 1 unspecified atom stereocenters. The van der Waals surface area contributed by atoms with Gasteiger partial charge in [0, 0.05) is 19.1 Å². The van der Waals surface area contributed by atoms with Gasteiger partial charge in [0.25, 0.3) is 10.0 Å². The molecule has 21 heavy (non-hydrogen) atoms. The lowest BCUT2D eigenvalue weighted by Crippen LogP contribution is -2.38. The molecule has 1 aromatic rings. The van der Waals surface area contributed by atoms with Gasteiger partial charge >= 0.3 is 5.97 Å². The van der Waals surface area contributed by atoms with Gasteiger partial charge < -0.3 is 9.52 Å². The standard InChI is InChI=1S/C13H20N2O5S/c1-3-14(4-2)10-7-8-15(9-10)21(18,19)12-6-5-11(20-12)13(16)17/h5-6,10H,3-4,7-9H2,1-2H3,(H,16,17). The van der Waals surface area contributed by atoms with E-state index in [2.05, 4.69) is 4.90 Å². The number of carboxylic acids is 1. The van der Waals surface area contributed by atoms with E-state index in [0.29, 0.717) is 13.1 Å². The molecule has 2 heterocycles. The van der Waals surface area contributed by atoms with Gasteiger partial charge in [0.05, 0.1) is 0 Å². The smallest absolute Gasteiger partial charge is 0.371 e. The number of carbonyl (C=O) groups is 1. The van der Waals surface area contributed by atoms with Crippen LogP contribution in [0.3, 0.4) is 0 Å². The monoisotopic (exact) mass is 316 g/mol. The average molecular weight is 316 g/mol. The van der Waals surface area contributed by atoms with Crippen LogP contribution < -0.4 is 0 Å². The molecule has 0 amide bonds. The highest BCUT2D eigenvalue weighted by Gasteiger charge is 2.36. The summed E-state index contributed by atoms with van der Waals surface area (Å²) in [5.74, 6) is -1.65. The minimum absolute atomic E-state index is 0.198. The van der Waals surface area contributed by atoms with Gasteiger partial charge in [0.1, 0.15) is 0 Å². The van der Waals surface area contributed by atoms with Gasteiger partial charge in [-0.25, -0.2) is 13.2 Å². The van der Waals surface area contributed by atoms with Crippen LogP contribution in [0.25, 0.3) is 0 Å². The third-order valence-corrected chi connectivity index (χ3v) is 5.58. The quantitative estimate of drug-likeness (QED) is 0.844. The summed E-state index contributed by atoms with van der Waals surface area (Å²) >= 11 is 0. The summed E-state index contributed by atoms with van der Waals surface area (Å²) in [5, 5.41) is 8.49. The number of sulfonamides is 1. The number of aromatic carboxylic acids is 1. The first kappa shape index (κ1) is 16.0. The van der Waals surface area contributed by atoms with Gasteiger partial charge in [0.2, 0.25) is 10.9 Å². The van der Waals surface area contributed by atoms with Gasteiger partial charge in [0.15, 0.2) is 0 Å². The van der Waals surface area contributed by atoms with Gasteiger partial charge in [-0.3, -0.25) is 4.90 Å². The first-order valence-electron chi connectivity index (χ1n) is 6.97. The summed E-state index contributed by atoms with van der Waals surface area (Å²) in [6.45, 7) is 6.68. The molecule has 0 aliphatic carbocycles. The molecule has 0 saturated carbocycles. The fourth-order valence-corrected chi connectivity index (χ4v) is 4.07. The SMILES string of the molecule is CCN(CC)C1CCN(S(=O)(=O)c2ccc(C(=O)O)o2)C1. The van der Waals surface area contributed by atoms with Gasteiger partial charge in [-0.05, 0) is 31.6 Å². The van der Waals surface area contributed by atoms with E-state index < -0.39 is 16.0 Å². The number of hydrogen-bond acceptors (Lipinski definition) is 5. The van der Waals surface area contributed by atoms with E-state index in [4.69, 9.17) is 9.52 Å². The Bertz CT molecular complexity index is 606. The van der Waals surface area contributed by atoms with Crippen LogP contribution >= 0.6 is 0 Å². The van der Waals surface area contributed by atoms with Crippen molar-refractivity contribution in [2.24, 2.45) is 0 Å². The van der Waals surface area contributed by atoms with E-state index >= 15 is 0 Å². The van der Waals surface area contributed by atoms with Crippen LogP contribution in [0.4, 0.5) is 0 Å². The Morgan fingerprint density at radius 2 is 2.10 bits per heavy atom. The van der Waals surface area contributed by atoms with Crippen molar-refractivity contribution in [1.82, 2.24) is 9.21 Å². The first-order chi connectivity index (χ1) is 9.90. The molecule has 1 saturated heterocycles. The lowest BCUT2D eigenvalue weighted by molar-refractivity contribution is 0.0656. The lowest BCUT2D eigenvalue weighted by atomic mass is 10.2. The Kier molecular flexibility index (Phi) is 4.70. The maximum atomic E-state index is 12.4. The molecule has 8 heteroatoms. The van der Waals surface area contributed by atoms with Crippen molar-refractivity contribution in [1.29, 1.82) is 0 Å². The van der Waals surface area contributed by atoms with Gasteiger partial charge in [-0.2, -0.15) is 4.31 Å². The molecule has 0 spiro atoms. The number of nitrogens with zero attached hydrogens (tertiary/aromatic N) is 2. The van der Waals surface area contributed by atoms with Crippen molar-refractivity contribution in [2.75, 3.05) is 26.2 Å². The highest BCUT2D eigenvalue weighted by Crippen LogP contribution is 2.25. The van der Waals surface area contributed by atoms with Crippen LogP contribution in [0.15, 0.2) is 21.6 Å². The number of rotatable bonds is 6. The molecule has 1 aliphatic rings. The summed E-state index contributed by atoms with van der Waals surface area (Å²) < 4.78 is 31.2. The molecule has 2 rings (SSSR count). The molecule has 0 radical (unpaired) electrons. The largest absolute Gasteiger partial charge is 0.475 e. The van der Waals surface area contributed by atoms with Gasteiger partial charge in [-0.1, -0.05) is 13.8 Å². The Labute approximate surface area is 124 Å². The summed E-state index contributed by atoms with van der Waals surface area (Å²) in [6.07, 6.45) is 0.771. The van der Waals surface area contributed by atoms with Crippen LogP contribution in [0.5, 0.6) is 0 Å². The number of likely N-dealkylation sites (N-methyl/N-ethyl adjacent to an activating group) is 1. The van der Waals surface area contributed by atoms with Crippen molar-refractivity contribution in [3.05, 3.63) is 17.9 Å². The van der Waals surface area contributed by atoms with E-state index in [9.17, 15) is 13.2 Å². The molecular weight excluding hydrogens is 296 g/mol. The molecule has 1 atom stereocenters. The highest BCUT2D eigenvalue weighted by molar-refractivity contribution is 7.89. The van der Waals surface area contributed by atoms with Crippen molar-refractivity contribution < 1.29 is 22.7 Å². The lowest BCUT2D eigenvalue weighted by Gasteiger charge is -2.25. The Hall–Kier alpha value is -1.38. The van der Waals surface area contributed by atoms with Crippen molar-refractivity contribution in [2.45, 2.75) is 31.4 Å². The predicted octanol–water partition coefficient (Wildman–Crippen LogP) is 1.08. The van der Waals surface area contributed by atoms with Crippen molar-refractivity contribution in [3.8, 4) is 0 Å². The minimum Gasteiger partial charge on any atom is -0.475 e. The Balaban J connectivity index is 2.15. The third-order valence-electron chi connectivity index (χ3n) is 3.84. The third kappa shape index (κ3) is 3.12. The molecule has 0 aromatic carbocycles. The minimum atomic E-state index is -3.76. The second-order valence-electron chi connectivity index (χ2n) is 4.95.